The number of carbonyl (C=O) groups excluding carboxylic acids is 1. The van der Waals surface area contributed by atoms with Gasteiger partial charge in [0.25, 0.3) is 0 Å². The number of hydrogen-bond acceptors (Lipinski definition) is 3. The third kappa shape index (κ3) is 2.30. The number of anilines is 1. The van der Waals surface area contributed by atoms with Gasteiger partial charge in [-0.25, -0.2) is 4.98 Å². The quantitative estimate of drug-likeness (QED) is 0.836. The SMILES string of the molecule is C=CC1=C(C=C)CC2(CCc3c(N4CCC4=O)cc4[nH]c(C)nc4c3O2)C1. The minimum Gasteiger partial charge on any atom is -0.484 e. The summed E-state index contributed by atoms with van der Waals surface area (Å²) in [7, 11) is 0. The van der Waals surface area contributed by atoms with Crippen LogP contribution in [0.3, 0.4) is 0 Å². The minimum atomic E-state index is -0.266. The molecule has 1 N–H and O–H groups in total. The van der Waals surface area contributed by atoms with Crippen LogP contribution in [0.15, 0.2) is 42.5 Å². The van der Waals surface area contributed by atoms with Gasteiger partial charge >= 0.3 is 0 Å². The van der Waals surface area contributed by atoms with Gasteiger partial charge in [-0.1, -0.05) is 25.3 Å². The molecule has 0 saturated carbocycles. The summed E-state index contributed by atoms with van der Waals surface area (Å²) in [5.74, 6) is 1.87. The maximum atomic E-state index is 12.1. The Hall–Kier alpha value is -2.82. The van der Waals surface area contributed by atoms with Crippen LogP contribution in [0.4, 0.5) is 5.69 Å². The maximum Gasteiger partial charge on any atom is 0.228 e. The first-order valence-electron chi connectivity index (χ1n) is 9.52. The Bertz CT molecular complexity index is 1020. The molecule has 1 aromatic carbocycles. The lowest BCUT2D eigenvalue weighted by atomic mass is 9.86. The molecule has 2 aromatic rings. The first kappa shape index (κ1) is 16.4. The average molecular weight is 361 g/mol. The van der Waals surface area contributed by atoms with Crippen molar-refractivity contribution in [2.24, 2.45) is 0 Å². The zero-order valence-corrected chi connectivity index (χ0v) is 15.6. The number of hydrogen-bond donors (Lipinski definition) is 1. The Labute approximate surface area is 158 Å². The van der Waals surface area contributed by atoms with Crippen molar-refractivity contribution in [1.29, 1.82) is 0 Å². The number of benzene rings is 1. The van der Waals surface area contributed by atoms with Gasteiger partial charge < -0.3 is 14.6 Å². The Morgan fingerprint density at radius 1 is 1.26 bits per heavy atom. The molecule has 3 aliphatic rings. The molecule has 0 radical (unpaired) electrons. The molecule has 1 amide bonds. The summed E-state index contributed by atoms with van der Waals surface area (Å²) in [5, 5.41) is 0. The fraction of sp³-hybridized carbons (Fsp3) is 0.364. The molecule has 5 rings (SSSR count). The molecule has 1 aliphatic carbocycles. The van der Waals surface area contributed by atoms with Gasteiger partial charge in [-0.2, -0.15) is 0 Å². The largest absolute Gasteiger partial charge is 0.484 e. The lowest BCUT2D eigenvalue weighted by molar-refractivity contribution is -0.122. The second-order valence-electron chi connectivity index (χ2n) is 7.81. The zero-order chi connectivity index (χ0) is 18.8. The first-order chi connectivity index (χ1) is 13.0. The molecule has 0 unspecified atom stereocenters. The average Bonchev–Trinajstić information content (AvgIpc) is 3.20. The van der Waals surface area contributed by atoms with Crippen LogP contribution in [-0.4, -0.2) is 28.0 Å². The number of ether oxygens (including phenoxy) is 1. The van der Waals surface area contributed by atoms with E-state index in [0.717, 1.165) is 66.1 Å². The Kier molecular flexibility index (Phi) is 3.39. The minimum absolute atomic E-state index is 0.179. The van der Waals surface area contributed by atoms with E-state index in [9.17, 15) is 4.79 Å². The molecular formula is C22H23N3O2. The number of allylic oxidation sites excluding steroid dienone is 2. The molecular weight excluding hydrogens is 338 g/mol. The normalized spacial score (nSPS) is 20.6. The van der Waals surface area contributed by atoms with Gasteiger partial charge in [0.2, 0.25) is 5.91 Å². The van der Waals surface area contributed by atoms with E-state index in [1.54, 1.807) is 0 Å². The van der Waals surface area contributed by atoms with Crippen molar-refractivity contribution < 1.29 is 9.53 Å². The van der Waals surface area contributed by atoms with Crippen LogP contribution < -0.4 is 9.64 Å². The second-order valence-corrected chi connectivity index (χ2v) is 7.81. The second kappa shape index (κ2) is 5.59. The highest BCUT2D eigenvalue weighted by molar-refractivity contribution is 6.03. The zero-order valence-electron chi connectivity index (χ0n) is 15.6. The van der Waals surface area contributed by atoms with Crippen molar-refractivity contribution in [1.82, 2.24) is 9.97 Å². The number of imidazole rings is 1. The van der Waals surface area contributed by atoms with Crippen molar-refractivity contribution in [2.45, 2.75) is 44.6 Å². The van der Waals surface area contributed by atoms with Crippen LogP contribution >= 0.6 is 0 Å². The molecule has 0 bridgehead atoms. The number of aromatic amines is 1. The van der Waals surface area contributed by atoms with Gasteiger partial charge in [0.15, 0.2) is 5.75 Å². The van der Waals surface area contributed by atoms with Gasteiger partial charge in [0, 0.05) is 31.4 Å². The molecule has 1 fully saturated rings. The number of aryl methyl sites for hydroxylation is 1. The molecule has 1 saturated heterocycles. The number of amides is 1. The molecule has 5 nitrogen and oxygen atoms in total. The molecule has 3 heterocycles. The molecule has 0 atom stereocenters. The molecule has 5 heteroatoms. The topological polar surface area (TPSA) is 58.2 Å². The summed E-state index contributed by atoms with van der Waals surface area (Å²) in [6, 6.07) is 2.06. The van der Waals surface area contributed by atoms with Crippen LogP contribution in [0.2, 0.25) is 0 Å². The predicted octanol–water partition coefficient (Wildman–Crippen LogP) is 4.13. The summed E-state index contributed by atoms with van der Waals surface area (Å²) in [4.78, 5) is 22.0. The summed E-state index contributed by atoms with van der Waals surface area (Å²) < 4.78 is 6.71. The van der Waals surface area contributed by atoms with Crippen molar-refractivity contribution in [3.05, 3.63) is 53.9 Å². The van der Waals surface area contributed by atoms with Gasteiger partial charge in [0.05, 0.1) is 11.2 Å². The number of carbonyl (C=O) groups is 1. The highest BCUT2D eigenvalue weighted by atomic mass is 16.5. The number of nitrogens with one attached hydrogen (secondary N) is 1. The molecule has 27 heavy (non-hydrogen) atoms. The van der Waals surface area contributed by atoms with E-state index in [-0.39, 0.29) is 11.5 Å². The summed E-state index contributed by atoms with van der Waals surface area (Å²) in [5.41, 5.74) is 6.06. The monoisotopic (exact) mass is 361 g/mol. The van der Waals surface area contributed by atoms with Crippen LogP contribution in [0, 0.1) is 6.92 Å². The third-order valence-electron chi connectivity index (χ3n) is 6.15. The van der Waals surface area contributed by atoms with Gasteiger partial charge in [-0.05, 0) is 37.0 Å². The van der Waals surface area contributed by atoms with Crippen LogP contribution in [0.1, 0.15) is 37.1 Å². The Morgan fingerprint density at radius 3 is 2.59 bits per heavy atom. The Morgan fingerprint density at radius 2 is 2.00 bits per heavy atom. The fourth-order valence-electron chi connectivity index (χ4n) is 4.69. The summed E-state index contributed by atoms with van der Waals surface area (Å²) in [6.07, 6.45) is 7.95. The smallest absolute Gasteiger partial charge is 0.228 e. The van der Waals surface area contributed by atoms with Crippen molar-refractivity contribution in [2.75, 3.05) is 11.4 Å². The lowest BCUT2D eigenvalue weighted by Crippen LogP contribution is -2.45. The van der Waals surface area contributed by atoms with E-state index in [1.165, 1.54) is 11.1 Å². The maximum absolute atomic E-state index is 12.1. The fourth-order valence-corrected chi connectivity index (χ4v) is 4.69. The Balaban J connectivity index is 1.63. The summed E-state index contributed by atoms with van der Waals surface area (Å²) >= 11 is 0. The van der Waals surface area contributed by atoms with Crippen LogP contribution in [-0.2, 0) is 11.2 Å². The number of H-pyrrole nitrogens is 1. The molecule has 1 spiro atoms. The predicted molar refractivity (Wildman–Crippen MR) is 106 cm³/mol. The van der Waals surface area contributed by atoms with Crippen molar-refractivity contribution in [3.63, 3.8) is 0 Å². The molecule has 2 aliphatic heterocycles. The lowest BCUT2D eigenvalue weighted by Gasteiger charge is -2.39. The first-order valence-corrected chi connectivity index (χ1v) is 9.52. The van der Waals surface area contributed by atoms with Gasteiger partial charge in [-0.15, -0.1) is 0 Å². The highest BCUT2D eigenvalue weighted by Crippen LogP contribution is 2.50. The molecule has 138 valence electrons. The van der Waals surface area contributed by atoms with E-state index in [4.69, 9.17) is 4.74 Å². The van der Waals surface area contributed by atoms with Crippen molar-refractivity contribution >= 4 is 22.6 Å². The van der Waals surface area contributed by atoms with E-state index >= 15 is 0 Å². The van der Waals surface area contributed by atoms with E-state index in [0.29, 0.717) is 6.42 Å². The molecule has 1 aromatic heterocycles. The van der Waals surface area contributed by atoms with E-state index in [2.05, 4.69) is 29.2 Å². The number of β-lactam (4-membered cyclic amide) rings is 1. The number of aromatic nitrogens is 2. The van der Waals surface area contributed by atoms with E-state index < -0.39 is 0 Å². The number of rotatable bonds is 3. The van der Waals surface area contributed by atoms with E-state index in [1.807, 2.05) is 24.0 Å². The highest BCUT2D eigenvalue weighted by Gasteiger charge is 2.44. The third-order valence-corrected chi connectivity index (χ3v) is 6.15. The summed E-state index contributed by atoms with van der Waals surface area (Å²) in [6.45, 7) is 10.6. The number of nitrogens with zero attached hydrogens (tertiary/aromatic N) is 2. The standard InChI is InChI=1S/C22H23N3O2/c1-4-14-11-22(12-15(14)5-2)8-6-16-18(25-9-7-19(25)26)10-17-20(21(16)27-22)24-13(3)23-17/h4-5,10H,1-2,6-9,11-12H2,3H3,(H,23,24). The number of fused-ring (bicyclic) bond motifs is 3. The van der Waals surface area contributed by atoms with Gasteiger partial charge in [0.1, 0.15) is 16.9 Å². The van der Waals surface area contributed by atoms with Gasteiger partial charge in [-0.3, -0.25) is 4.79 Å². The van der Waals surface area contributed by atoms with Crippen molar-refractivity contribution in [3.8, 4) is 5.75 Å². The van der Waals surface area contributed by atoms with Crippen LogP contribution in [0.5, 0.6) is 5.75 Å². The van der Waals surface area contributed by atoms with Crippen LogP contribution in [0.25, 0.3) is 11.0 Å².